The standard InChI is InChI=1S/C17H24N4O2S/c1-11-15(12-7-5-6-8-14(12)23-3)16(21(2)20-11)19-17(22)13(18)9-10-24-4/h5-8,13H,9-10,18H2,1-4H3,(H,19,22)/t13-/m0/s1. The van der Waals surface area contributed by atoms with Gasteiger partial charge >= 0.3 is 0 Å². The van der Waals surface area contributed by atoms with Crippen LogP contribution in [0.5, 0.6) is 5.75 Å². The third kappa shape index (κ3) is 3.91. The van der Waals surface area contributed by atoms with Gasteiger partial charge in [-0.25, -0.2) is 0 Å². The number of amides is 1. The number of benzene rings is 1. The Hall–Kier alpha value is -1.99. The molecular formula is C17H24N4O2S. The van der Waals surface area contributed by atoms with Gasteiger partial charge in [0, 0.05) is 12.6 Å². The Kier molecular flexibility index (Phi) is 6.28. The summed E-state index contributed by atoms with van der Waals surface area (Å²) < 4.78 is 7.11. The van der Waals surface area contributed by atoms with Crippen LogP contribution < -0.4 is 15.8 Å². The van der Waals surface area contributed by atoms with Crippen LogP contribution >= 0.6 is 11.8 Å². The van der Waals surface area contributed by atoms with Crippen LogP contribution in [0.25, 0.3) is 11.1 Å². The molecule has 1 aromatic carbocycles. The summed E-state index contributed by atoms with van der Waals surface area (Å²) in [6.45, 7) is 1.91. The van der Waals surface area contributed by atoms with Gasteiger partial charge in [-0.05, 0) is 31.4 Å². The maximum absolute atomic E-state index is 12.4. The molecule has 0 saturated heterocycles. The molecule has 0 unspecified atom stereocenters. The van der Waals surface area contributed by atoms with Crippen LogP contribution in [-0.4, -0.2) is 40.8 Å². The molecule has 2 rings (SSSR count). The third-order valence-electron chi connectivity index (χ3n) is 3.81. The monoisotopic (exact) mass is 348 g/mol. The van der Waals surface area contributed by atoms with Gasteiger partial charge in [-0.3, -0.25) is 9.48 Å². The van der Waals surface area contributed by atoms with Crippen molar-refractivity contribution >= 4 is 23.5 Å². The molecule has 0 aliphatic heterocycles. The van der Waals surface area contributed by atoms with Crippen LogP contribution in [0.1, 0.15) is 12.1 Å². The largest absolute Gasteiger partial charge is 0.496 e. The van der Waals surface area contributed by atoms with Gasteiger partial charge in [0.15, 0.2) is 0 Å². The van der Waals surface area contributed by atoms with Crippen molar-refractivity contribution in [2.45, 2.75) is 19.4 Å². The Bertz CT molecular complexity index is 715. The third-order valence-corrected chi connectivity index (χ3v) is 4.45. The zero-order valence-corrected chi connectivity index (χ0v) is 15.3. The van der Waals surface area contributed by atoms with Gasteiger partial charge in [0.25, 0.3) is 0 Å². The van der Waals surface area contributed by atoms with Crippen LogP contribution in [0.15, 0.2) is 24.3 Å². The number of rotatable bonds is 7. The Balaban J connectivity index is 2.36. The number of nitrogens with two attached hydrogens (primary N) is 1. The molecule has 7 heteroatoms. The Morgan fingerprint density at radius 3 is 2.83 bits per heavy atom. The number of nitrogens with one attached hydrogen (secondary N) is 1. The first kappa shape index (κ1) is 18.4. The molecule has 3 N–H and O–H groups in total. The lowest BCUT2D eigenvalue weighted by Gasteiger charge is -2.14. The van der Waals surface area contributed by atoms with E-state index in [1.54, 1.807) is 30.6 Å². The highest BCUT2D eigenvalue weighted by Gasteiger charge is 2.22. The number of hydrogen-bond donors (Lipinski definition) is 2. The zero-order chi connectivity index (χ0) is 17.7. The van der Waals surface area contributed by atoms with Crippen molar-refractivity contribution in [3.8, 4) is 16.9 Å². The normalized spacial score (nSPS) is 12.0. The first-order valence-corrected chi connectivity index (χ1v) is 9.11. The van der Waals surface area contributed by atoms with Crippen molar-refractivity contribution < 1.29 is 9.53 Å². The van der Waals surface area contributed by atoms with E-state index in [0.29, 0.717) is 12.2 Å². The number of methoxy groups -OCH3 is 1. The van der Waals surface area contributed by atoms with Crippen molar-refractivity contribution in [3.63, 3.8) is 0 Å². The molecule has 0 aliphatic rings. The number of carbonyl (C=O) groups is 1. The number of thioether (sulfide) groups is 1. The number of hydrogen-bond acceptors (Lipinski definition) is 5. The summed E-state index contributed by atoms with van der Waals surface area (Å²) in [5, 5.41) is 7.37. The summed E-state index contributed by atoms with van der Waals surface area (Å²) in [5.41, 5.74) is 8.52. The SMILES string of the molecule is COc1ccccc1-c1c(C)nn(C)c1NC(=O)[C@@H](N)CCSC. The quantitative estimate of drug-likeness (QED) is 0.803. The van der Waals surface area contributed by atoms with E-state index >= 15 is 0 Å². The number of para-hydroxylation sites is 1. The molecule has 1 aromatic heterocycles. The summed E-state index contributed by atoms with van der Waals surface area (Å²) in [7, 11) is 3.43. The maximum atomic E-state index is 12.4. The summed E-state index contributed by atoms with van der Waals surface area (Å²) in [5.74, 6) is 2.00. The van der Waals surface area contributed by atoms with Crippen molar-refractivity contribution in [2.75, 3.05) is 24.4 Å². The molecule has 6 nitrogen and oxygen atoms in total. The van der Waals surface area contributed by atoms with E-state index in [-0.39, 0.29) is 5.91 Å². The summed E-state index contributed by atoms with van der Waals surface area (Å²) in [6.07, 6.45) is 2.63. The van der Waals surface area contributed by atoms with Crippen molar-refractivity contribution in [2.24, 2.45) is 12.8 Å². The minimum Gasteiger partial charge on any atom is -0.496 e. The van der Waals surface area contributed by atoms with Crippen LogP contribution in [0.4, 0.5) is 5.82 Å². The molecule has 0 fully saturated rings. The number of ether oxygens (including phenoxy) is 1. The first-order valence-electron chi connectivity index (χ1n) is 7.72. The molecule has 130 valence electrons. The average molecular weight is 348 g/mol. The number of nitrogens with zero attached hydrogens (tertiary/aromatic N) is 2. The Morgan fingerprint density at radius 2 is 2.17 bits per heavy atom. The van der Waals surface area contributed by atoms with Gasteiger partial charge in [-0.2, -0.15) is 16.9 Å². The highest BCUT2D eigenvalue weighted by atomic mass is 32.2. The summed E-state index contributed by atoms with van der Waals surface area (Å²) in [6, 6.07) is 7.13. The predicted molar refractivity (Wildman–Crippen MR) is 99.5 cm³/mol. The van der Waals surface area contributed by atoms with Crippen molar-refractivity contribution in [1.29, 1.82) is 0 Å². The Labute approximate surface area is 146 Å². The lowest BCUT2D eigenvalue weighted by atomic mass is 10.0. The highest BCUT2D eigenvalue weighted by Crippen LogP contribution is 2.37. The van der Waals surface area contributed by atoms with Gasteiger partial charge in [-0.15, -0.1) is 0 Å². The van der Waals surface area contributed by atoms with Crippen LogP contribution in [-0.2, 0) is 11.8 Å². The van der Waals surface area contributed by atoms with Gasteiger partial charge in [0.2, 0.25) is 5.91 Å². The van der Waals surface area contributed by atoms with Crippen LogP contribution in [0.3, 0.4) is 0 Å². The Morgan fingerprint density at radius 1 is 1.46 bits per heavy atom. The van der Waals surface area contributed by atoms with E-state index in [9.17, 15) is 4.79 Å². The molecule has 0 radical (unpaired) electrons. The number of carbonyl (C=O) groups excluding carboxylic acids is 1. The predicted octanol–water partition coefficient (Wildman–Crippen LogP) is 2.42. The maximum Gasteiger partial charge on any atom is 0.242 e. The number of aryl methyl sites for hydroxylation is 2. The van der Waals surface area contributed by atoms with E-state index in [2.05, 4.69) is 10.4 Å². The first-order chi connectivity index (χ1) is 11.5. The molecule has 2 aromatic rings. The van der Waals surface area contributed by atoms with Gasteiger partial charge in [0.1, 0.15) is 11.6 Å². The number of aromatic nitrogens is 2. The second-order valence-corrected chi connectivity index (χ2v) is 6.50. The summed E-state index contributed by atoms with van der Waals surface area (Å²) in [4.78, 5) is 12.4. The smallest absolute Gasteiger partial charge is 0.242 e. The molecule has 1 heterocycles. The lowest BCUT2D eigenvalue weighted by molar-refractivity contribution is -0.117. The summed E-state index contributed by atoms with van der Waals surface area (Å²) >= 11 is 1.67. The van der Waals surface area contributed by atoms with Gasteiger partial charge in [-0.1, -0.05) is 18.2 Å². The molecule has 1 atom stereocenters. The zero-order valence-electron chi connectivity index (χ0n) is 14.5. The van der Waals surface area contributed by atoms with Crippen LogP contribution in [0, 0.1) is 6.92 Å². The van der Waals surface area contributed by atoms with Crippen LogP contribution in [0.2, 0.25) is 0 Å². The average Bonchev–Trinajstić information content (AvgIpc) is 2.85. The second kappa shape index (κ2) is 8.21. The van der Waals surface area contributed by atoms with E-state index in [1.165, 1.54) is 0 Å². The molecule has 0 spiro atoms. The molecule has 0 saturated carbocycles. The molecular weight excluding hydrogens is 324 g/mol. The van der Waals surface area contributed by atoms with Crippen molar-refractivity contribution in [3.05, 3.63) is 30.0 Å². The fraction of sp³-hybridized carbons (Fsp3) is 0.412. The molecule has 24 heavy (non-hydrogen) atoms. The van der Waals surface area contributed by atoms with E-state index in [0.717, 1.165) is 28.3 Å². The van der Waals surface area contributed by atoms with E-state index in [4.69, 9.17) is 10.5 Å². The second-order valence-electron chi connectivity index (χ2n) is 5.51. The topological polar surface area (TPSA) is 82.2 Å². The minimum atomic E-state index is -0.543. The lowest BCUT2D eigenvalue weighted by Crippen LogP contribution is -2.36. The fourth-order valence-corrected chi connectivity index (χ4v) is 3.05. The fourth-order valence-electron chi connectivity index (χ4n) is 2.56. The van der Waals surface area contributed by atoms with Gasteiger partial charge < -0.3 is 15.8 Å². The molecule has 0 bridgehead atoms. The minimum absolute atomic E-state index is 0.205. The van der Waals surface area contributed by atoms with Gasteiger partial charge in [0.05, 0.1) is 24.4 Å². The van der Waals surface area contributed by atoms with E-state index in [1.807, 2.05) is 37.4 Å². The highest BCUT2D eigenvalue weighted by molar-refractivity contribution is 7.98. The molecule has 1 amide bonds. The van der Waals surface area contributed by atoms with Crippen molar-refractivity contribution in [1.82, 2.24) is 9.78 Å². The molecule has 0 aliphatic carbocycles. The van der Waals surface area contributed by atoms with E-state index < -0.39 is 6.04 Å². The number of anilines is 1.